The SMILES string of the molecule is C=CC(Cl)=CC(/C=C\C)SN1CCN(Cc2nc(NCCCN(C)C)c3ccccc3n2)CC1. The van der Waals surface area contributed by atoms with Crippen molar-refractivity contribution >= 4 is 40.3 Å². The standard InChI is InChI=1S/C26H37ClN6S/c1-5-10-22(19-21(27)6-2)34-33-17-15-32(16-18-33)20-25-29-24-12-8-7-11-23(24)26(30-25)28-13-9-14-31(3)4/h5-8,10-12,19,22H,2,9,13-18,20H2,1,3-4H3,(H,28,29,30)/b10-5-,21-19?. The average molecular weight is 501 g/mol. The molecule has 0 spiro atoms. The molecule has 1 saturated heterocycles. The van der Waals surface area contributed by atoms with E-state index < -0.39 is 0 Å². The van der Waals surface area contributed by atoms with Crippen LogP contribution >= 0.6 is 23.5 Å². The minimum absolute atomic E-state index is 0.215. The maximum atomic E-state index is 6.18. The van der Waals surface area contributed by atoms with E-state index in [1.54, 1.807) is 6.08 Å². The fourth-order valence-corrected chi connectivity index (χ4v) is 5.20. The zero-order valence-electron chi connectivity index (χ0n) is 20.6. The normalized spacial score (nSPS) is 17.0. The van der Waals surface area contributed by atoms with E-state index in [2.05, 4.69) is 64.4 Å². The van der Waals surface area contributed by atoms with Crippen LogP contribution in [0.4, 0.5) is 5.82 Å². The molecule has 0 aliphatic carbocycles. The van der Waals surface area contributed by atoms with Gasteiger partial charge in [-0.2, -0.15) is 0 Å². The van der Waals surface area contributed by atoms with Crippen LogP contribution in [0, 0.1) is 0 Å². The Morgan fingerprint density at radius 1 is 1.24 bits per heavy atom. The quantitative estimate of drug-likeness (QED) is 0.190. The van der Waals surface area contributed by atoms with Crippen LogP contribution in [0.1, 0.15) is 19.2 Å². The fraction of sp³-hybridized carbons (Fsp3) is 0.462. The third-order valence-corrected chi connectivity index (χ3v) is 7.07. The lowest BCUT2D eigenvalue weighted by atomic mass is 10.2. The number of nitrogens with zero attached hydrogens (tertiary/aromatic N) is 5. The molecule has 0 amide bonds. The van der Waals surface area contributed by atoms with Crippen LogP contribution in [0.2, 0.25) is 0 Å². The van der Waals surface area contributed by atoms with Gasteiger partial charge in [0.25, 0.3) is 0 Å². The highest BCUT2D eigenvalue weighted by Crippen LogP contribution is 2.25. The summed E-state index contributed by atoms with van der Waals surface area (Å²) in [6.45, 7) is 12.4. The van der Waals surface area contributed by atoms with Crippen molar-refractivity contribution in [2.24, 2.45) is 0 Å². The van der Waals surface area contributed by atoms with Gasteiger partial charge >= 0.3 is 0 Å². The van der Waals surface area contributed by atoms with Gasteiger partial charge in [0.2, 0.25) is 0 Å². The zero-order chi connectivity index (χ0) is 24.3. The Morgan fingerprint density at radius 2 is 2.00 bits per heavy atom. The van der Waals surface area contributed by atoms with E-state index in [1.807, 2.05) is 37.1 Å². The van der Waals surface area contributed by atoms with E-state index in [4.69, 9.17) is 21.6 Å². The molecule has 1 fully saturated rings. The van der Waals surface area contributed by atoms with Gasteiger partial charge in [0.15, 0.2) is 0 Å². The van der Waals surface area contributed by atoms with E-state index in [0.717, 1.165) is 74.8 Å². The number of para-hydroxylation sites is 1. The maximum Gasteiger partial charge on any atom is 0.145 e. The first-order chi connectivity index (χ1) is 16.5. The minimum atomic E-state index is 0.215. The summed E-state index contributed by atoms with van der Waals surface area (Å²) in [6.07, 6.45) is 9.04. The fourth-order valence-electron chi connectivity index (χ4n) is 3.83. The predicted octanol–water partition coefficient (Wildman–Crippen LogP) is 5.01. The number of allylic oxidation sites excluding steroid dienone is 3. The lowest BCUT2D eigenvalue weighted by Gasteiger charge is -2.34. The third-order valence-electron chi connectivity index (χ3n) is 5.59. The molecular weight excluding hydrogens is 464 g/mol. The van der Waals surface area contributed by atoms with Gasteiger partial charge in [0.1, 0.15) is 11.6 Å². The molecule has 184 valence electrons. The maximum absolute atomic E-state index is 6.18. The topological polar surface area (TPSA) is 47.5 Å². The van der Waals surface area contributed by atoms with Gasteiger partial charge < -0.3 is 10.2 Å². The first-order valence-electron chi connectivity index (χ1n) is 11.9. The van der Waals surface area contributed by atoms with Crippen LogP contribution in [0.5, 0.6) is 0 Å². The van der Waals surface area contributed by atoms with Gasteiger partial charge in [-0.15, -0.1) is 0 Å². The van der Waals surface area contributed by atoms with Crippen LogP contribution in [0.3, 0.4) is 0 Å². The molecule has 2 aromatic rings. The second kappa shape index (κ2) is 13.9. The summed E-state index contributed by atoms with van der Waals surface area (Å²) >= 11 is 8.01. The summed E-state index contributed by atoms with van der Waals surface area (Å²) in [7, 11) is 4.20. The van der Waals surface area contributed by atoms with E-state index in [0.29, 0.717) is 5.03 Å². The Bertz CT molecular complexity index is 984. The number of aromatic nitrogens is 2. The monoisotopic (exact) mass is 500 g/mol. The van der Waals surface area contributed by atoms with E-state index >= 15 is 0 Å². The van der Waals surface area contributed by atoms with Crippen molar-refractivity contribution in [3.63, 3.8) is 0 Å². The summed E-state index contributed by atoms with van der Waals surface area (Å²) in [6, 6.07) is 8.26. The van der Waals surface area contributed by atoms with Crippen LogP contribution in [-0.2, 0) is 6.54 Å². The summed E-state index contributed by atoms with van der Waals surface area (Å²) in [5.41, 5.74) is 0.997. The Morgan fingerprint density at radius 3 is 2.71 bits per heavy atom. The Balaban J connectivity index is 1.60. The molecular formula is C26H37ClN6S. The molecule has 1 aromatic heterocycles. The highest BCUT2D eigenvalue weighted by atomic mass is 35.5. The minimum Gasteiger partial charge on any atom is -0.369 e. The summed E-state index contributed by atoms with van der Waals surface area (Å²) in [5.74, 6) is 1.82. The summed E-state index contributed by atoms with van der Waals surface area (Å²) in [4.78, 5) is 14.4. The van der Waals surface area contributed by atoms with Crippen molar-refractivity contribution in [2.75, 3.05) is 58.7 Å². The van der Waals surface area contributed by atoms with E-state index in [1.165, 1.54) is 0 Å². The van der Waals surface area contributed by atoms with Crippen molar-refractivity contribution in [1.82, 2.24) is 24.1 Å². The predicted molar refractivity (Wildman–Crippen MR) is 148 cm³/mol. The second-order valence-corrected chi connectivity index (χ2v) is 10.4. The van der Waals surface area contributed by atoms with Crippen molar-refractivity contribution in [3.05, 3.63) is 66.0 Å². The molecule has 8 heteroatoms. The van der Waals surface area contributed by atoms with Crippen LogP contribution < -0.4 is 5.32 Å². The molecule has 0 saturated carbocycles. The first kappa shape index (κ1) is 26.7. The molecule has 3 rings (SSSR count). The van der Waals surface area contributed by atoms with Crippen LogP contribution in [0.25, 0.3) is 10.9 Å². The van der Waals surface area contributed by atoms with Crippen molar-refractivity contribution in [2.45, 2.75) is 25.1 Å². The van der Waals surface area contributed by atoms with Crippen molar-refractivity contribution < 1.29 is 0 Å². The Hall–Kier alpha value is -1.90. The average Bonchev–Trinajstić information content (AvgIpc) is 2.83. The molecule has 1 atom stereocenters. The van der Waals surface area contributed by atoms with Gasteiger partial charge in [-0.25, -0.2) is 14.3 Å². The van der Waals surface area contributed by atoms with E-state index in [9.17, 15) is 0 Å². The van der Waals surface area contributed by atoms with Gasteiger partial charge in [0, 0.05) is 43.1 Å². The van der Waals surface area contributed by atoms with Gasteiger partial charge in [-0.3, -0.25) is 4.90 Å². The molecule has 1 unspecified atom stereocenters. The molecule has 1 aromatic carbocycles. The molecule has 0 bridgehead atoms. The van der Waals surface area contributed by atoms with Crippen LogP contribution in [-0.4, -0.2) is 82.7 Å². The number of benzene rings is 1. The number of nitrogens with one attached hydrogen (secondary N) is 1. The summed E-state index contributed by atoms with van der Waals surface area (Å²) in [5, 5.41) is 5.53. The smallest absolute Gasteiger partial charge is 0.145 e. The van der Waals surface area contributed by atoms with Crippen molar-refractivity contribution in [1.29, 1.82) is 0 Å². The second-order valence-electron chi connectivity index (χ2n) is 8.65. The van der Waals surface area contributed by atoms with Gasteiger partial charge in [-0.1, -0.05) is 60.5 Å². The Labute approximate surface area is 213 Å². The first-order valence-corrected chi connectivity index (χ1v) is 13.1. The third kappa shape index (κ3) is 8.40. The molecule has 1 aliphatic heterocycles. The van der Waals surface area contributed by atoms with E-state index in [-0.39, 0.29) is 5.25 Å². The molecule has 2 heterocycles. The van der Waals surface area contributed by atoms with Crippen LogP contribution in [0.15, 0.2) is 60.2 Å². The number of hydrogen-bond acceptors (Lipinski definition) is 7. The molecule has 0 radical (unpaired) electrons. The largest absolute Gasteiger partial charge is 0.369 e. The zero-order valence-corrected chi connectivity index (χ0v) is 22.2. The number of fused-ring (bicyclic) bond motifs is 1. The highest BCUT2D eigenvalue weighted by Gasteiger charge is 2.21. The Kier molecular flexibility index (Phi) is 10.9. The number of halogens is 1. The van der Waals surface area contributed by atoms with Gasteiger partial charge in [0.05, 0.1) is 17.3 Å². The lowest BCUT2D eigenvalue weighted by Crippen LogP contribution is -2.43. The number of rotatable bonds is 12. The number of hydrogen-bond donors (Lipinski definition) is 1. The summed E-state index contributed by atoms with van der Waals surface area (Å²) < 4.78 is 2.42. The van der Waals surface area contributed by atoms with Gasteiger partial charge in [-0.05, 0) is 52.2 Å². The lowest BCUT2D eigenvalue weighted by molar-refractivity contribution is 0.185. The van der Waals surface area contributed by atoms with Crippen molar-refractivity contribution in [3.8, 4) is 0 Å². The molecule has 6 nitrogen and oxygen atoms in total. The molecule has 1 N–H and O–H groups in total. The molecule has 1 aliphatic rings. The highest BCUT2D eigenvalue weighted by molar-refractivity contribution is 7.98. The number of anilines is 1. The number of piperazine rings is 1. The molecule has 34 heavy (non-hydrogen) atoms.